The molecule has 0 saturated carbocycles. The predicted octanol–water partition coefficient (Wildman–Crippen LogP) is 4.36. The Balaban J connectivity index is 0.00000102. The molecule has 0 radical (unpaired) electrons. The van der Waals surface area contributed by atoms with Gasteiger partial charge in [0.15, 0.2) is 0 Å². The monoisotopic (exact) mass is 625 g/mol. The molecule has 0 atom stereocenters. The number of methoxy groups -OCH3 is 2. The second kappa shape index (κ2) is 16.0. The first-order valence-electron chi connectivity index (χ1n) is 14.1. The molecule has 12 nitrogen and oxygen atoms in total. The number of fused-ring (bicyclic) bond motifs is 1. The lowest BCUT2D eigenvalue weighted by Crippen LogP contribution is -2.56. The molecule has 0 aliphatic carbocycles. The highest BCUT2D eigenvalue weighted by Crippen LogP contribution is 2.31. The van der Waals surface area contributed by atoms with Crippen molar-refractivity contribution in [1.29, 1.82) is 5.26 Å². The molecule has 0 saturated heterocycles. The predicted molar refractivity (Wildman–Crippen MR) is 173 cm³/mol. The van der Waals surface area contributed by atoms with Crippen LogP contribution in [-0.2, 0) is 26.4 Å². The quantitative estimate of drug-likeness (QED) is 0.177. The van der Waals surface area contributed by atoms with E-state index in [-0.39, 0.29) is 12.6 Å². The zero-order chi connectivity index (χ0) is 33.2. The van der Waals surface area contributed by atoms with Gasteiger partial charge in [0.2, 0.25) is 5.91 Å². The van der Waals surface area contributed by atoms with Gasteiger partial charge in [-0.1, -0.05) is 34.8 Å². The van der Waals surface area contributed by atoms with E-state index in [9.17, 15) is 14.4 Å². The molecular weight excluding hydrogens is 582 g/mol. The van der Waals surface area contributed by atoms with Crippen molar-refractivity contribution in [3.63, 3.8) is 0 Å². The molecule has 0 spiro atoms. The van der Waals surface area contributed by atoms with E-state index < -0.39 is 22.7 Å². The zero-order valence-electron chi connectivity index (χ0n) is 27.1. The first kappa shape index (κ1) is 35.9. The molecule has 0 bridgehead atoms. The number of aryl methyl sites for hydroxylation is 2. The summed E-state index contributed by atoms with van der Waals surface area (Å²) < 4.78 is 14.3. The van der Waals surface area contributed by atoms with Crippen LogP contribution in [0.15, 0.2) is 57.6 Å². The van der Waals surface area contributed by atoms with Crippen LogP contribution in [0, 0.1) is 18.3 Å². The molecule has 238 valence electrons. The second-order valence-electron chi connectivity index (χ2n) is 11.0. The molecule has 0 fully saturated rings. The van der Waals surface area contributed by atoms with Crippen LogP contribution in [0.5, 0.6) is 0 Å². The summed E-state index contributed by atoms with van der Waals surface area (Å²) in [4.78, 5) is 41.6. The van der Waals surface area contributed by atoms with E-state index in [0.717, 1.165) is 15.7 Å². The first-order chi connectivity index (χ1) is 20.8. The Morgan fingerprint density at radius 2 is 1.95 bits per heavy atom. The third kappa shape index (κ3) is 8.21. The molecule has 3 heterocycles. The number of carbonyl (C=O) groups is 1. The maximum absolute atomic E-state index is 14.0. The second-order valence-corrected chi connectivity index (χ2v) is 12.0. The Morgan fingerprint density at radius 3 is 2.43 bits per heavy atom. The molecule has 0 aromatic carbocycles. The molecule has 3 rings (SSSR count). The summed E-state index contributed by atoms with van der Waals surface area (Å²) in [5.41, 5.74) is 0.0634. The average molecular weight is 626 g/mol. The van der Waals surface area contributed by atoms with Crippen LogP contribution in [0.4, 0.5) is 0 Å². The van der Waals surface area contributed by atoms with Gasteiger partial charge >= 0.3 is 5.69 Å². The first-order valence-corrected chi connectivity index (χ1v) is 15.0. The minimum Gasteiger partial charge on any atom is -0.496 e. The fourth-order valence-electron chi connectivity index (χ4n) is 4.44. The lowest BCUT2D eigenvalue weighted by molar-refractivity contribution is -0.129. The van der Waals surface area contributed by atoms with Gasteiger partial charge < -0.3 is 14.8 Å². The van der Waals surface area contributed by atoms with Gasteiger partial charge in [-0.25, -0.2) is 14.0 Å². The summed E-state index contributed by atoms with van der Waals surface area (Å²) in [6.45, 7) is 17.2. The molecule has 0 aliphatic heterocycles. The van der Waals surface area contributed by atoms with Crippen molar-refractivity contribution >= 4 is 27.5 Å². The fourth-order valence-corrected chi connectivity index (χ4v) is 5.69. The molecule has 0 aliphatic rings. The smallest absolute Gasteiger partial charge is 0.333 e. The minimum absolute atomic E-state index is 0.159. The van der Waals surface area contributed by atoms with Gasteiger partial charge in [-0.05, 0) is 66.5 Å². The molecule has 44 heavy (non-hydrogen) atoms. The van der Waals surface area contributed by atoms with Crippen molar-refractivity contribution in [2.24, 2.45) is 0 Å². The van der Waals surface area contributed by atoms with Crippen molar-refractivity contribution in [2.75, 3.05) is 20.8 Å². The summed E-state index contributed by atoms with van der Waals surface area (Å²) in [5, 5.41) is 19.7. The van der Waals surface area contributed by atoms with Crippen LogP contribution in [0.1, 0.15) is 59.9 Å². The molecule has 0 unspecified atom stereocenters. The number of thiophene rings is 1. The van der Waals surface area contributed by atoms with Crippen molar-refractivity contribution in [3.05, 3.63) is 74.4 Å². The highest BCUT2D eigenvalue weighted by molar-refractivity contribution is 7.21. The number of nitrogens with zero attached hydrogens (tertiary/aromatic N) is 6. The van der Waals surface area contributed by atoms with Gasteiger partial charge in [0.1, 0.15) is 21.1 Å². The standard InChI is InChI=1S/C27H36N6O4S.C4H7NO/c1-10-20(37-9)19(15-16(2)3)11-13-31-24-21(18(6)23(38-24)32-14-12-28-30-32)22(34)33(26(31)36)27(7,8)25(35)29-17(4)5;1-6-4-2-3-5/h10,12,14-15,17H,1,11,13H2,2-9H3,(H,29,35);2,4H2,1H3/b20-19+;. The fraction of sp³-hybridized carbons (Fsp3) is 0.484. The van der Waals surface area contributed by atoms with E-state index in [1.807, 2.05) is 46.8 Å². The van der Waals surface area contributed by atoms with E-state index in [1.165, 1.54) is 11.3 Å². The van der Waals surface area contributed by atoms with Crippen LogP contribution in [0.2, 0.25) is 0 Å². The lowest BCUT2D eigenvalue weighted by atomic mass is 10.0. The molecule has 3 aromatic heterocycles. The van der Waals surface area contributed by atoms with E-state index in [4.69, 9.17) is 10.00 Å². The molecular formula is C31H43N7O5S. The number of rotatable bonds is 12. The maximum atomic E-state index is 14.0. The number of hydrogen-bond donors (Lipinski definition) is 1. The van der Waals surface area contributed by atoms with Gasteiger partial charge in [-0.15, -0.1) is 5.10 Å². The minimum atomic E-state index is -1.44. The summed E-state index contributed by atoms with van der Waals surface area (Å²) in [6, 6.07) is 1.78. The number of aromatic nitrogens is 5. The SMILES string of the molecule is C=C/C(OC)=C(\C=C(C)C)CCn1c(=O)n(C(C)(C)C(=O)NC(C)C)c(=O)c2c(C)c(-n3ccnn3)sc21.COCCC#N. The van der Waals surface area contributed by atoms with Crippen molar-refractivity contribution in [1.82, 2.24) is 29.4 Å². The molecule has 3 aromatic rings. The number of hydrogen-bond acceptors (Lipinski definition) is 9. The van der Waals surface area contributed by atoms with Crippen molar-refractivity contribution in [3.8, 4) is 11.1 Å². The van der Waals surface area contributed by atoms with E-state index in [1.54, 1.807) is 55.8 Å². The summed E-state index contributed by atoms with van der Waals surface area (Å²) in [6.07, 6.45) is 7.78. The Labute approximate surface area is 261 Å². The van der Waals surface area contributed by atoms with Crippen LogP contribution >= 0.6 is 11.3 Å². The van der Waals surface area contributed by atoms with Gasteiger partial charge in [0, 0.05) is 25.3 Å². The largest absolute Gasteiger partial charge is 0.496 e. The Kier molecular flexibility index (Phi) is 13.0. The molecule has 13 heteroatoms. The zero-order valence-corrected chi connectivity index (χ0v) is 27.9. The van der Waals surface area contributed by atoms with Crippen LogP contribution < -0.4 is 16.6 Å². The molecule has 1 N–H and O–H groups in total. The maximum Gasteiger partial charge on any atom is 0.333 e. The van der Waals surface area contributed by atoms with Gasteiger partial charge in [0.25, 0.3) is 5.56 Å². The van der Waals surface area contributed by atoms with Crippen LogP contribution in [0.3, 0.4) is 0 Å². The Bertz CT molecular complexity index is 1680. The van der Waals surface area contributed by atoms with E-state index in [2.05, 4.69) is 26.9 Å². The topological polar surface area (TPSA) is 146 Å². The number of ether oxygens (including phenoxy) is 2. The van der Waals surface area contributed by atoms with Gasteiger partial charge in [-0.2, -0.15) is 5.26 Å². The van der Waals surface area contributed by atoms with Crippen molar-refractivity contribution in [2.45, 2.75) is 79.4 Å². The Morgan fingerprint density at radius 1 is 1.27 bits per heavy atom. The number of amides is 1. The molecule has 1 amide bonds. The summed E-state index contributed by atoms with van der Waals surface area (Å²) in [5.74, 6) is 0.187. The lowest BCUT2D eigenvalue weighted by Gasteiger charge is -2.27. The highest BCUT2D eigenvalue weighted by Gasteiger charge is 2.35. The normalized spacial score (nSPS) is 11.8. The highest BCUT2D eigenvalue weighted by atomic mass is 32.1. The average Bonchev–Trinajstić information content (AvgIpc) is 3.60. The third-order valence-electron chi connectivity index (χ3n) is 6.56. The summed E-state index contributed by atoms with van der Waals surface area (Å²) in [7, 11) is 3.15. The van der Waals surface area contributed by atoms with Crippen molar-refractivity contribution < 1.29 is 14.3 Å². The number of nitriles is 1. The van der Waals surface area contributed by atoms with E-state index in [0.29, 0.717) is 46.0 Å². The van der Waals surface area contributed by atoms with Crippen LogP contribution in [0.25, 0.3) is 15.2 Å². The van der Waals surface area contributed by atoms with E-state index >= 15 is 0 Å². The number of allylic oxidation sites excluding steroid dienone is 4. The Hall–Kier alpha value is -4.28. The van der Waals surface area contributed by atoms with Crippen LogP contribution in [-0.4, -0.2) is 56.9 Å². The number of nitrogens with one attached hydrogen (secondary N) is 1. The number of carbonyl (C=O) groups excluding carboxylic acids is 1. The van der Waals surface area contributed by atoms with Gasteiger partial charge in [0.05, 0.1) is 44.0 Å². The third-order valence-corrected chi connectivity index (χ3v) is 7.86. The summed E-state index contributed by atoms with van der Waals surface area (Å²) >= 11 is 1.29. The van der Waals surface area contributed by atoms with Gasteiger partial charge in [-0.3, -0.25) is 14.2 Å².